The molecule has 2 unspecified atom stereocenters. The monoisotopic (exact) mass is 275 g/mol. The molecule has 0 saturated heterocycles. The van der Waals surface area contributed by atoms with Gasteiger partial charge in [-0.25, -0.2) is 0 Å². The van der Waals surface area contributed by atoms with Crippen LogP contribution in [0.3, 0.4) is 0 Å². The lowest BCUT2D eigenvalue weighted by atomic mass is 10.1. The summed E-state index contributed by atoms with van der Waals surface area (Å²) in [7, 11) is 0. The predicted octanol–water partition coefficient (Wildman–Crippen LogP) is 1.70. The molecule has 0 fully saturated rings. The van der Waals surface area contributed by atoms with Gasteiger partial charge < -0.3 is 9.47 Å². The number of carbonyl (C=O) groups excluding carboxylic acids is 3. The van der Waals surface area contributed by atoms with Gasteiger partial charge in [0.25, 0.3) is 0 Å². The molecule has 0 bridgehead atoms. The van der Waals surface area contributed by atoms with Gasteiger partial charge in [0.1, 0.15) is 11.9 Å². The molecule has 0 heterocycles. The molecule has 0 N–H and O–H groups in total. The third-order valence-corrected chi connectivity index (χ3v) is 2.42. The molecule has 6 heteroatoms. The van der Waals surface area contributed by atoms with E-state index in [1.165, 1.54) is 12.7 Å². The van der Waals surface area contributed by atoms with Gasteiger partial charge in [0.15, 0.2) is 6.10 Å². The van der Waals surface area contributed by atoms with Gasteiger partial charge in [-0.3, -0.25) is 14.4 Å². The van der Waals surface area contributed by atoms with Gasteiger partial charge in [0.2, 0.25) is 0 Å². The van der Waals surface area contributed by atoms with E-state index < -0.39 is 24.1 Å². The maximum Gasteiger partial charge on any atom is 0.305 e. The first-order valence-electron chi connectivity index (χ1n) is 5.80. The molecule has 0 aromatic carbocycles. The average Bonchev–Trinajstić information content (AvgIpc) is 2.33. The van der Waals surface area contributed by atoms with E-state index in [-0.39, 0.29) is 25.0 Å². The molecule has 0 aromatic heterocycles. The Morgan fingerprint density at radius 1 is 1.11 bits per heavy atom. The second-order valence-electron chi connectivity index (χ2n) is 3.75. The summed E-state index contributed by atoms with van der Waals surface area (Å²) >= 11 is 3.94. The maximum atomic E-state index is 11.3. The Morgan fingerprint density at radius 2 is 1.61 bits per heavy atom. The second kappa shape index (κ2) is 8.97. The molecule has 5 nitrogen and oxygen atoms in total. The van der Waals surface area contributed by atoms with Crippen molar-refractivity contribution < 1.29 is 23.9 Å². The zero-order valence-electron chi connectivity index (χ0n) is 10.8. The molecule has 0 rings (SSSR count). The third kappa shape index (κ3) is 6.64. The van der Waals surface area contributed by atoms with Gasteiger partial charge >= 0.3 is 11.9 Å². The zero-order chi connectivity index (χ0) is 14.1. The lowest BCUT2D eigenvalue weighted by Crippen LogP contribution is -2.36. The van der Waals surface area contributed by atoms with Gasteiger partial charge in [0.05, 0.1) is 5.75 Å². The number of hydrogen-bond acceptors (Lipinski definition) is 6. The van der Waals surface area contributed by atoms with Crippen LogP contribution in [0.2, 0.25) is 0 Å². The third-order valence-electron chi connectivity index (χ3n) is 2.13. The Kier molecular flexibility index (Phi) is 8.45. The summed E-state index contributed by atoms with van der Waals surface area (Å²) in [6, 6.07) is 0. The van der Waals surface area contributed by atoms with Gasteiger partial charge in [0, 0.05) is 19.3 Å². The number of ketones is 1. The van der Waals surface area contributed by atoms with Crippen molar-refractivity contribution in [3.63, 3.8) is 0 Å². The van der Waals surface area contributed by atoms with Crippen LogP contribution in [0, 0.1) is 5.75 Å². The van der Waals surface area contributed by atoms with Crippen LogP contribution in [0.5, 0.6) is 0 Å². The van der Waals surface area contributed by atoms with Crippen LogP contribution in [0.15, 0.2) is 0 Å². The largest absolute Gasteiger partial charge is 0.458 e. The van der Waals surface area contributed by atoms with Gasteiger partial charge in [-0.15, -0.1) is 0 Å². The summed E-state index contributed by atoms with van der Waals surface area (Å²) in [6.07, 6.45) is -1.25. The summed E-state index contributed by atoms with van der Waals surface area (Å²) in [5.41, 5.74) is 0. The van der Waals surface area contributed by atoms with Gasteiger partial charge in [-0.1, -0.05) is 13.8 Å². The predicted molar refractivity (Wildman–Crippen MR) is 68.9 cm³/mol. The minimum Gasteiger partial charge on any atom is -0.458 e. The van der Waals surface area contributed by atoms with E-state index in [9.17, 15) is 14.4 Å². The van der Waals surface area contributed by atoms with Crippen LogP contribution in [0.25, 0.3) is 0 Å². The lowest BCUT2D eigenvalue weighted by Gasteiger charge is -2.24. The van der Waals surface area contributed by atoms with Crippen molar-refractivity contribution in [3.05, 3.63) is 5.75 Å². The fraction of sp³-hybridized carbons (Fsp3) is 0.667. The second-order valence-corrected chi connectivity index (χ2v) is 4.04. The molecule has 0 aliphatic rings. The summed E-state index contributed by atoms with van der Waals surface area (Å²) in [4.78, 5) is 33.6. The molecule has 0 saturated carbocycles. The summed E-state index contributed by atoms with van der Waals surface area (Å²) in [5.74, 6) is 0.265. The van der Waals surface area contributed by atoms with Crippen LogP contribution in [0.4, 0.5) is 0 Å². The number of esters is 2. The van der Waals surface area contributed by atoms with Crippen LogP contribution in [-0.4, -0.2) is 29.9 Å². The molecule has 0 amide bonds. The Bertz CT molecular complexity index is 303. The average molecular weight is 275 g/mol. The van der Waals surface area contributed by atoms with Crippen LogP contribution >= 0.6 is 12.6 Å². The normalized spacial score (nSPS) is 13.6. The molecule has 0 aliphatic carbocycles. The molecule has 0 aliphatic heterocycles. The first kappa shape index (κ1) is 17.0. The lowest BCUT2D eigenvalue weighted by molar-refractivity contribution is -0.165. The number of carbonyl (C=O) groups is 3. The van der Waals surface area contributed by atoms with Crippen molar-refractivity contribution in [1.29, 1.82) is 0 Å². The summed E-state index contributed by atoms with van der Waals surface area (Å²) in [5, 5.41) is 0. The van der Waals surface area contributed by atoms with Gasteiger partial charge in [-0.2, -0.15) is 12.6 Å². The quantitative estimate of drug-likeness (QED) is 0.539. The van der Waals surface area contributed by atoms with E-state index in [0.717, 1.165) is 0 Å². The summed E-state index contributed by atoms with van der Waals surface area (Å²) < 4.78 is 10.1. The first-order valence-corrected chi connectivity index (χ1v) is 6.32. The van der Waals surface area contributed by atoms with Crippen LogP contribution in [-0.2, 0) is 23.9 Å². The number of thiol groups is 1. The highest BCUT2D eigenvalue weighted by molar-refractivity contribution is 7.82. The zero-order valence-corrected chi connectivity index (χ0v) is 11.7. The molecule has 2 atom stereocenters. The standard InChI is InChI=1S/C12H19O5S/c1-4-11(14)16-9(6-8(3)13)10(7-18)17-12(15)5-2/h7,9-10,18H,4-6H2,1-3H3. The Morgan fingerprint density at radius 3 is 2.00 bits per heavy atom. The smallest absolute Gasteiger partial charge is 0.305 e. The summed E-state index contributed by atoms with van der Waals surface area (Å²) in [6.45, 7) is 4.67. The van der Waals surface area contributed by atoms with Crippen LogP contribution < -0.4 is 0 Å². The number of hydrogen-bond donors (Lipinski definition) is 1. The fourth-order valence-electron chi connectivity index (χ4n) is 1.20. The van der Waals surface area contributed by atoms with E-state index in [1.807, 2.05) is 0 Å². The Labute approximate surface area is 113 Å². The molecule has 0 aromatic rings. The van der Waals surface area contributed by atoms with Crippen molar-refractivity contribution in [3.8, 4) is 0 Å². The molecular weight excluding hydrogens is 256 g/mol. The van der Waals surface area contributed by atoms with E-state index in [4.69, 9.17) is 9.47 Å². The van der Waals surface area contributed by atoms with Crippen molar-refractivity contribution >= 4 is 30.4 Å². The Balaban J connectivity index is 4.70. The Hall–Kier alpha value is -1.04. The fourth-order valence-corrected chi connectivity index (χ4v) is 1.45. The first-order chi connectivity index (χ1) is 8.44. The van der Waals surface area contributed by atoms with E-state index in [1.54, 1.807) is 13.8 Å². The minimum absolute atomic E-state index is 0.00946. The van der Waals surface area contributed by atoms with Crippen LogP contribution in [0.1, 0.15) is 40.0 Å². The number of Topliss-reactive ketones (excluding diaryl/α,β-unsaturated/α-hetero) is 1. The number of ether oxygens (including phenoxy) is 2. The molecule has 1 radical (unpaired) electrons. The molecular formula is C12H19O5S. The van der Waals surface area contributed by atoms with Crippen molar-refractivity contribution in [2.75, 3.05) is 0 Å². The van der Waals surface area contributed by atoms with Crippen molar-refractivity contribution in [1.82, 2.24) is 0 Å². The molecule has 0 spiro atoms. The van der Waals surface area contributed by atoms with E-state index in [0.29, 0.717) is 0 Å². The minimum atomic E-state index is -0.819. The highest BCUT2D eigenvalue weighted by atomic mass is 32.1. The highest BCUT2D eigenvalue weighted by Crippen LogP contribution is 2.15. The highest BCUT2D eigenvalue weighted by Gasteiger charge is 2.28. The van der Waals surface area contributed by atoms with E-state index >= 15 is 0 Å². The van der Waals surface area contributed by atoms with Crippen molar-refractivity contribution in [2.24, 2.45) is 0 Å². The number of rotatable bonds is 8. The SMILES string of the molecule is CCC(=O)OC([CH]S)C(CC(C)=O)OC(=O)CC. The molecule has 18 heavy (non-hydrogen) atoms. The topological polar surface area (TPSA) is 69.7 Å². The van der Waals surface area contributed by atoms with Crippen molar-refractivity contribution in [2.45, 2.75) is 52.2 Å². The van der Waals surface area contributed by atoms with Gasteiger partial charge in [-0.05, 0) is 6.92 Å². The van der Waals surface area contributed by atoms with E-state index in [2.05, 4.69) is 12.6 Å². The molecule has 103 valence electrons. The maximum absolute atomic E-state index is 11.3.